The van der Waals surface area contributed by atoms with Crippen molar-refractivity contribution in [2.24, 2.45) is 0 Å². The summed E-state index contributed by atoms with van der Waals surface area (Å²) in [5.41, 5.74) is 0. The van der Waals surface area contributed by atoms with Crippen LogP contribution in [-0.4, -0.2) is 107 Å². The van der Waals surface area contributed by atoms with Crippen LogP contribution >= 0.6 is 0 Å². The Morgan fingerprint density at radius 3 is 1.52 bits per heavy atom. The zero-order chi connectivity index (χ0) is 47.1. The maximum atomic E-state index is 13.2. The zero-order valence-electron chi connectivity index (χ0n) is 40.2. The molecule has 7 N–H and O–H groups in total. The number of carbonyl (C=O) groups is 1. The molecule has 64 heavy (non-hydrogen) atoms. The summed E-state index contributed by atoms with van der Waals surface area (Å²) in [5.74, 6) is -0.676. The summed E-state index contributed by atoms with van der Waals surface area (Å²) in [6.45, 7) is 3.27. The second-order valence-electron chi connectivity index (χ2n) is 18.3. The molecule has 0 spiro atoms. The van der Waals surface area contributed by atoms with Crippen LogP contribution in [0.3, 0.4) is 0 Å². The molecule has 14 heteroatoms. The van der Waals surface area contributed by atoms with Gasteiger partial charge >= 0.3 is 10.4 Å². The van der Waals surface area contributed by atoms with Crippen LogP contribution < -0.4 is 5.32 Å². The van der Waals surface area contributed by atoms with E-state index < -0.39 is 78.5 Å². The smallest absolute Gasteiger partial charge is 0.394 e. The third-order valence-corrected chi connectivity index (χ3v) is 12.8. The second-order valence-corrected chi connectivity index (χ2v) is 19.3. The lowest BCUT2D eigenvalue weighted by atomic mass is 9.99. The molecule has 1 rings (SSSR count). The number of hydrogen-bond donors (Lipinski definition) is 7. The van der Waals surface area contributed by atoms with E-state index in [-0.39, 0.29) is 6.42 Å². The molecule has 13 nitrogen and oxygen atoms in total. The number of rotatable bonds is 44. The molecule has 1 aliphatic heterocycles. The summed E-state index contributed by atoms with van der Waals surface area (Å²) in [7, 11) is -5.11. The van der Waals surface area contributed by atoms with Crippen molar-refractivity contribution >= 4 is 16.3 Å². The summed E-state index contributed by atoms with van der Waals surface area (Å²) < 4.78 is 47.7. The highest BCUT2D eigenvalue weighted by atomic mass is 32.3. The molecular weight excluding hydrogens is 839 g/mol. The molecule has 8 unspecified atom stereocenters. The number of nitrogens with one attached hydrogen (secondary N) is 1. The topological polar surface area (TPSA) is 212 Å². The molecule has 0 aliphatic carbocycles. The van der Waals surface area contributed by atoms with Crippen molar-refractivity contribution in [3.63, 3.8) is 0 Å². The van der Waals surface area contributed by atoms with Crippen LogP contribution in [0.25, 0.3) is 0 Å². The van der Waals surface area contributed by atoms with E-state index in [1.54, 1.807) is 0 Å². The molecule has 8 atom stereocenters. The first-order valence-electron chi connectivity index (χ1n) is 25.8. The number of ether oxygens (including phenoxy) is 2. The SMILES string of the molecule is CCCCC/C=C\C/C=C\CCCCCCCCC(O)C(=O)NC(COC1OC(CO)C(O)C(OS(=O)(=O)O)C1O)C(O)CCCCCCCCCCCCCCCCCCCCC. The Morgan fingerprint density at radius 1 is 0.625 bits per heavy atom. The van der Waals surface area contributed by atoms with Gasteiger partial charge in [-0.3, -0.25) is 9.35 Å². The number of hydrogen-bond acceptors (Lipinski definition) is 11. The maximum Gasteiger partial charge on any atom is 0.397 e. The summed E-state index contributed by atoms with van der Waals surface area (Å²) in [5, 5.41) is 55.5. The largest absolute Gasteiger partial charge is 0.397 e. The van der Waals surface area contributed by atoms with E-state index >= 15 is 0 Å². The lowest BCUT2D eigenvalue weighted by molar-refractivity contribution is -0.298. The van der Waals surface area contributed by atoms with Crippen molar-refractivity contribution in [3.05, 3.63) is 24.3 Å². The fourth-order valence-corrected chi connectivity index (χ4v) is 8.77. The number of aliphatic hydroxyl groups excluding tert-OH is 5. The molecule has 0 bridgehead atoms. The predicted octanol–water partition coefficient (Wildman–Crippen LogP) is 9.86. The first-order valence-corrected chi connectivity index (χ1v) is 27.2. The Hall–Kier alpha value is -1.46. The van der Waals surface area contributed by atoms with Gasteiger partial charge in [-0.2, -0.15) is 8.42 Å². The fraction of sp³-hybridized carbons (Fsp3) is 0.900. The van der Waals surface area contributed by atoms with E-state index in [4.69, 9.17) is 9.47 Å². The predicted molar refractivity (Wildman–Crippen MR) is 256 cm³/mol. The van der Waals surface area contributed by atoms with E-state index in [2.05, 4.69) is 47.7 Å². The van der Waals surface area contributed by atoms with Crippen molar-refractivity contribution in [1.29, 1.82) is 0 Å². The highest BCUT2D eigenvalue weighted by Crippen LogP contribution is 2.26. The molecule has 1 heterocycles. The van der Waals surface area contributed by atoms with Gasteiger partial charge < -0.3 is 40.3 Å². The van der Waals surface area contributed by atoms with Crippen molar-refractivity contribution in [2.75, 3.05) is 13.2 Å². The van der Waals surface area contributed by atoms with Gasteiger partial charge in [-0.25, -0.2) is 4.18 Å². The Kier molecular flexibility index (Phi) is 38.4. The average molecular weight is 934 g/mol. The van der Waals surface area contributed by atoms with Gasteiger partial charge in [0.2, 0.25) is 5.91 Å². The minimum atomic E-state index is -5.11. The van der Waals surface area contributed by atoms with Gasteiger partial charge in [-0.05, 0) is 44.9 Å². The monoisotopic (exact) mass is 934 g/mol. The molecule has 0 aromatic heterocycles. The number of allylic oxidation sites excluding steroid dienone is 4. The molecule has 378 valence electrons. The van der Waals surface area contributed by atoms with Gasteiger partial charge in [0, 0.05) is 0 Å². The second kappa shape index (κ2) is 40.6. The Labute approximate surface area is 389 Å². The molecule has 0 aromatic rings. The van der Waals surface area contributed by atoms with Crippen LogP contribution in [0.1, 0.15) is 226 Å². The van der Waals surface area contributed by atoms with Crippen LogP contribution in [0, 0.1) is 0 Å². The fourth-order valence-electron chi connectivity index (χ4n) is 8.26. The molecule has 0 aromatic carbocycles. The molecule has 1 aliphatic rings. The standard InChI is InChI=1S/C50H95NO12S/c1-3-5-7-9-11-13-15-17-19-21-22-23-25-26-28-30-32-34-36-38-43(53)42(41-61-50-47(56)48(63-64(58,59)60)46(55)45(40-52)62-50)51-49(57)44(54)39-37-35-33-31-29-27-24-20-18-16-14-12-10-8-6-4-2/h12,14,18,20,42-48,50,52-56H,3-11,13,15-17,19,21-41H2,1-2H3,(H,51,57)(H,58,59,60)/b14-12-,20-18-. The third-order valence-electron chi connectivity index (χ3n) is 12.4. The van der Waals surface area contributed by atoms with Gasteiger partial charge in [0.15, 0.2) is 6.29 Å². The van der Waals surface area contributed by atoms with Crippen molar-refractivity contribution in [3.8, 4) is 0 Å². The highest BCUT2D eigenvalue weighted by molar-refractivity contribution is 7.80. The van der Waals surface area contributed by atoms with Crippen LogP contribution in [-0.2, 0) is 28.9 Å². The van der Waals surface area contributed by atoms with Crippen molar-refractivity contribution in [1.82, 2.24) is 5.32 Å². The minimum Gasteiger partial charge on any atom is -0.394 e. The van der Waals surface area contributed by atoms with E-state index in [1.165, 1.54) is 116 Å². The average Bonchev–Trinajstić information content (AvgIpc) is 3.27. The third kappa shape index (κ3) is 32.3. The van der Waals surface area contributed by atoms with E-state index in [0.717, 1.165) is 70.6 Å². The Balaban J connectivity index is 2.50. The quantitative estimate of drug-likeness (QED) is 0.0173. The minimum absolute atomic E-state index is 0.249. The number of carbonyl (C=O) groups excluding carboxylic acids is 1. The first-order chi connectivity index (χ1) is 30.9. The Morgan fingerprint density at radius 2 is 1.05 bits per heavy atom. The maximum absolute atomic E-state index is 13.2. The van der Waals surface area contributed by atoms with Crippen molar-refractivity contribution in [2.45, 2.75) is 275 Å². The van der Waals surface area contributed by atoms with E-state index in [0.29, 0.717) is 19.3 Å². The summed E-state index contributed by atoms with van der Waals surface area (Å²) in [6.07, 6.45) is 34.9. The van der Waals surface area contributed by atoms with Gasteiger partial charge in [-0.1, -0.05) is 205 Å². The number of amides is 1. The molecular formula is C50H95NO12S. The van der Waals surface area contributed by atoms with Crippen LogP contribution in [0.2, 0.25) is 0 Å². The van der Waals surface area contributed by atoms with Gasteiger partial charge in [0.05, 0.1) is 25.4 Å². The normalized spacial score (nSPS) is 20.9. The van der Waals surface area contributed by atoms with Crippen LogP contribution in [0.4, 0.5) is 0 Å². The molecule has 1 saturated heterocycles. The number of aliphatic hydroxyl groups is 5. The van der Waals surface area contributed by atoms with Crippen LogP contribution in [0.15, 0.2) is 24.3 Å². The van der Waals surface area contributed by atoms with E-state index in [1.807, 2.05) is 0 Å². The number of unbranched alkanes of at least 4 members (excludes halogenated alkanes) is 27. The summed E-state index contributed by atoms with van der Waals surface area (Å²) >= 11 is 0. The summed E-state index contributed by atoms with van der Waals surface area (Å²) in [6, 6.07) is -1.04. The van der Waals surface area contributed by atoms with Crippen LogP contribution in [0.5, 0.6) is 0 Å². The highest BCUT2D eigenvalue weighted by Gasteiger charge is 2.48. The molecule has 0 saturated carbocycles. The summed E-state index contributed by atoms with van der Waals surface area (Å²) in [4.78, 5) is 13.2. The van der Waals surface area contributed by atoms with Gasteiger partial charge in [0.25, 0.3) is 0 Å². The lowest BCUT2D eigenvalue weighted by Crippen LogP contribution is -2.61. The van der Waals surface area contributed by atoms with Crippen molar-refractivity contribution < 1.29 is 57.0 Å². The molecule has 1 fully saturated rings. The lowest BCUT2D eigenvalue weighted by Gasteiger charge is -2.41. The van der Waals surface area contributed by atoms with Gasteiger partial charge in [-0.15, -0.1) is 0 Å². The Bertz CT molecular complexity index is 1250. The molecule has 1 amide bonds. The van der Waals surface area contributed by atoms with E-state index in [9.17, 15) is 43.3 Å². The zero-order valence-corrected chi connectivity index (χ0v) is 41.0. The molecule has 0 radical (unpaired) electrons. The first kappa shape index (κ1) is 60.6. The van der Waals surface area contributed by atoms with Gasteiger partial charge in [0.1, 0.15) is 30.5 Å².